The number of para-hydroxylation sites is 2. The number of aromatic nitrogens is 2. The Bertz CT molecular complexity index is 1340. The lowest BCUT2D eigenvalue weighted by Crippen LogP contribution is -2.30. The lowest BCUT2D eigenvalue weighted by atomic mass is 9.96. The van der Waals surface area contributed by atoms with Gasteiger partial charge in [-0.3, -0.25) is 4.98 Å². The maximum Gasteiger partial charge on any atom is 0.174 e. The van der Waals surface area contributed by atoms with Gasteiger partial charge < -0.3 is 19.5 Å². The minimum atomic E-state index is -0.127. The third-order valence-corrected chi connectivity index (χ3v) is 6.88. The zero-order valence-electron chi connectivity index (χ0n) is 19.2. The summed E-state index contributed by atoms with van der Waals surface area (Å²) in [6.07, 6.45) is 1.82. The summed E-state index contributed by atoms with van der Waals surface area (Å²) < 4.78 is 7.96. The molecule has 1 aliphatic heterocycles. The van der Waals surface area contributed by atoms with Crippen molar-refractivity contribution in [3.05, 3.63) is 107 Å². The molecule has 34 heavy (non-hydrogen) atoms. The van der Waals surface area contributed by atoms with E-state index < -0.39 is 0 Å². The van der Waals surface area contributed by atoms with Gasteiger partial charge in [-0.1, -0.05) is 29.8 Å². The van der Waals surface area contributed by atoms with Crippen LogP contribution in [0.2, 0.25) is 5.02 Å². The summed E-state index contributed by atoms with van der Waals surface area (Å²) in [6.45, 7) is 4.27. The second kappa shape index (κ2) is 9.12. The first-order valence-corrected chi connectivity index (χ1v) is 11.9. The molecule has 1 fully saturated rings. The van der Waals surface area contributed by atoms with E-state index in [2.05, 4.69) is 39.7 Å². The van der Waals surface area contributed by atoms with Crippen LogP contribution in [-0.2, 0) is 0 Å². The van der Waals surface area contributed by atoms with Crippen LogP contribution in [0.1, 0.15) is 34.7 Å². The molecule has 1 N–H and O–H groups in total. The van der Waals surface area contributed by atoms with E-state index in [1.807, 2.05) is 72.9 Å². The lowest BCUT2D eigenvalue weighted by molar-refractivity contribution is 0.414. The summed E-state index contributed by atoms with van der Waals surface area (Å²) in [5, 5.41) is 4.89. The van der Waals surface area contributed by atoms with Crippen molar-refractivity contribution < 1.29 is 4.74 Å². The standard InChI is InChI=1S/C27H25ClN4OS/c1-17-16-21(18(2)31(17)20-13-11-19(28)12-14-20)26-25(22-8-6-7-15-29-22)30-27(34)32(26)23-9-4-5-10-24(23)33-3/h4-16,25-26H,1-3H3,(H,30,34)/t25-,26-/m0/s1. The van der Waals surface area contributed by atoms with Crippen LogP contribution in [-0.4, -0.2) is 21.8 Å². The molecule has 2 atom stereocenters. The first kappa shape index (κ1) is 22.4. The van der Waals surface area contributed by atoms with E-state index >= 15 is 0 Å². The Morgan fingerprint density at radius 3 is 2.44 bits per heavy atom. The molecule has 1 saturated heterocycles. The highest BCUT2D eigenvalue weighted by atomic mass is 35.5. The number of benzene rings is 2. The van der Waals surface area contributed by atoms with Crippen molar-refractivity contribution in [2.45, 2.75) is 25.9 Å². The molecule has 172 valence electrons. The van der Waals surface area contributed by atoms with Crippen LogP contribution in [0.5, 0.6) is 5.75 Å². The molecule has 4 aromatic rings. The van der Waals surface area contributed by atoms with Gasteiger partial charge in [0.15, 0.2) is 5.11 Å². The van der Waals surface area contributed by atoms with Gasteiger partial charge >= 0.3 is 0 Å². The molecule has 5 rings (SSSR count). The summed E-state index contributed by atoms with van der Waals surface area (Å²) in [5.74, 6) is 0.768. The maximum absolute atomic E-state index is 6.15. The second-order valence-electron chi connectivity index (χ2n) is 8.31. The van der Waals surface area contributed by atoms with Gasteiger partial charge in [0.2, 0.25) is 0 Å². The Kier molecular flexibility index (Phi) is 6.02. The van der Waals surface area contributed by atoms with Crippen molar-refractivity contribution in [2.24, 2.45) is 0 Å². The van der Waals surface area contributed by atoms with E-state index in [-0.39, 0.29) is 12.1 Å². The quantitative estimate of drug-likeness (QED) is 0.332. The summed E-state index contributed by atoms with van der Waals surface area (Å²) in [6, 6.07) is 23.8. The average molecular weight is 489 g/mol. The monoisotopic (exact) mass is 488 g/mol. The highest BCUT2D eigenvalue weighted by Gasteiger charge is 2.43. The molecule has 5 nitrogen and oxygen atoms in total. The van der Waals surface area contributed by atoms with Gasteiger partial charge in [-0.25, -0.2) is 0 Å². The van der Waals surface area contributed by atoms with Crippen molar-refractivity contribution in [2.75, 3.05) is 12.0 Å². The van der Waals surface area contributed by atoms with Crippen LogP contribution < -0.4 is 15.0 Å². The third kappa shape index (κ3) is 3.83. The number of aryl methyl sites for hydroxylation is 1. The van der Waals surface area contributed by atoms with Crippen molar-refractivity contribution in [1.82, 2.24) is 14.9 Å². The number of anilines is 1. The predicted molar refractivity (Wildman–Crippen MR) is 141 cm³/mol. The topological polar surface area (TPSA) is 42.3 Å². The number of halogens is 1. The smallest absolute Gasteiger partial charge is 0.174 e. The second-order valence-corrected chi connectivity index (χ2v) is 9.13. The summed E-state index contributed by atoms with van der Waals surface area (Å²) in [7, 11) is 1.68. The molecule has 7 heteroatoms. The SMILES string of the molecule is COc1ccccc1N1C(=S)N[C@@H](c2ccccn2)[C@@H]1c1cc(C)n(-c2ccc(Cl)cc2)c1C. The number of ether oxygens (including phenoxy) is 1. The number of hydrogen-bond donors (Lipinski definition) is 1. The maximum atomic E-state index is 6.15. The van der Waals surface area contributed by atoms with Crippen molar-refractivity contribution in [3.63, 3.8) is 0 Å². The molecular formula is C27H25ClN4OS. The number of nitrogens with one attached hydrogen (secondary N) is 1. The van der Waals surface area contributed by atoms with Crippen LogP contribution >= 0.6 is 23.8 Å². The Morgan fingerprint density at radius 1 is 1.00 bits per heavy atom. The highest BCUT2D eigenvalue weighted by Crippen LogP contribution is 2.46. The van der Waals surface area contributed by atoms with Crippen LogP contribution in [0.25, 0.3) is 5.69 Å². The number of rotatable bonds is 5. The van der Waals surface area contributed by atoms with Crippen LogP contribution in [0, 0.1) is 13.8 Å². The normalized spacial score (nSPS) is 17.6. The zero-order valence-corrected chi connectivity index (χ0v) is 20.8. The molecule has 0 spiro atoms. The van der Waals surface area contributed by atoms with Crippen LogP contribution in [0.3, 0.4) is 0 Å². The number of nitrogens with zero attached hydrogens (tertiary/aromatic N) is 3. The number of pyridine rings is 1. The van der Waals surface area contributed by atoms with Gasteiger partial charge in [0.05, 0.1) is 30.6 Å². The Morgan fingerprint density at radius 2 is 1.74 bits per heavy atom. The molecule has 0 aliphatic carbocycles. The molecule has 0 radical (unpaired) electrons. The molecule has 0 unspecified atom stereocenters. The van der Waals surface area contributed by atoms with E-state index in [1.165, 1.54) is 5.56 Å². The first-order valence-electron chi connectivity index (χ1n) is 11.1. The largest absolute Gasteiger partial charge is 0.495 e. The van der Waals surface area contributed by atoms with E-state index in [0.717, 1.165) is 34.2 Å². The molecule has 0 saturated carbocycles. The third-order valence-electron chi connectivity index (χ3n) is 6.32. The Balaban J connectivity index is 1.70. The zero-order chi connectivity index (χ0) is 23.8. The van der Waals surface area contributed by atoms with E-state index in [9.17, 15) is 0 Å². The highest BCUT2D eigenvalue weighted by molar-refractivity contribution is 7.80. The van der Waals surface area contributed by atoms with Gasteiger partial charge in [-0.15, -0.1) is 0 Å². The molecule has 2 aromatic heterocycles. The molecule has 3 heterocycles. The van der Waals surface area contributed by atoms with Gasteiger partial charge in [-0.05, 0) is 86.2 Å². The molecule has 1 aliphatic rings. The lowest BCUT2D eigenvalue weighted by Gasteiger charge is -2.29. The summed E-state index contributed by atoms with van der Waals surface area (Å²) in [4.78, 5) is 6.82. The van der Waals surface area contributed by atoms with Crippen molar-refractivity contribution in [3.8, 4) is 11.4 Å². The van der Waals surface area contributed by atoms with Gasteiger partial charge in [0.1, 0.15) is 5.75 Å². The fraction of sp³-hybridized carbons (Fsp3) is 0.185. The van der Waals surface area contributed by atoms with E-state index in [4.69, 9.17) is 28.6 Å². The van der Waals surface area contributed by atoms with Gasteiger partial charge in [0.25, 0.3) is 0 Å². The average Bonchev–Trinajstić information content (AvgIpc) is 3.35. The van der Waals surface area contributed by atoms with Gasteiger partial charge in [-0.2, -0.15) is 0 Å². The summed E-state index contributed by atoms with van der Waals surface area (Å²) >= 11 is 12.0. The van der Waals surface area contributed by atoms with Crippen molar-refractivity contribution >= 4 is 34.6 Å². The minimum Gasteiger partial charge on any atom is -0.495 e. The number of methoxy groups -OCH3 is 1. The fourth-order valence-electron chi connectivity index (χ4n) is 4.83. The number of thiocarbonyl (C=S) groups is 1. The van der Waals surface area contributed by atoms with Crippen molar-refractivity contribution in [1.29, 1.82) is 0 Å². The van der Waals surface area contributed by atoms with E-state index in [0.29, 0.717) is 10.1 Å². The van der Waals surface area contributed by atoms with E-state index in [1.54, 1.807) is 7.11 Å². The Labute approximate surface area is 210 Å². The molecular weight excluding hydrogens is 464 g/mol. The van der Waals surface area contributed by atoms with Crippen LogP contribution in [0.4, 0.5) is 5.69 Å². The summed E-state index contributed by atoms with van der Waals surface area (Å²) in [5.41, 5.74) is 6.36. The molecule has 0 bridgehead atoms. The first-order chi connectivity index (χ1) is 16.5. The molecule has 2 aromatic carbocycles. The number of hydrogen-bond acceptors (Lipinski definition) is 3. The predicted octanol–water partition coefficient (Wildman–Crippen LogP) is 6.33. The van der Waals surface area contributed by atoms with Crippen LogP contribution in [0.15, 0.2) is 79.0 Å². The molecule has 0 amide bonds. The van der Waals surface area contributed by atoms with Gasteiger partial charge in [0, 0.05) is 28.3 Å². The minimum absolute atomic E-state index is 0.119. The Hall–Kier alpha value is -3.35. The fourth-order valence-corrected chi connectivity index (χ4v) is 5.30.